The standard InChI is InChI=1S/C22H29N3O4/c1-16(2)21(15-26)24(14-18-7-5-4-6-8-18)12-11-22(27)23-20-10-9-19(25(28)29)13-17(20)3/h4-10,13,16,21,26H,11-12,14-15H2,1-3H3,(H,23,27). The molecule has 1 unspecified atom stereocenters. The number of nitrogens with one attached hydrogen (secondary N) is 1. The maximum absolute atomic E-state index is 12.5. The summed E-state index contributed by atoms with van der Waals surface area (Å²) < 4.78 is 0. The van der Waals surface area contributed by atoms with E-state index in [0.29, 0.717) is 24.3 Å². The SMILES string of the molecule is Cc1cc([N+](=O)[O-])ccc1NC(=O)CCN(Cc1ccccc1)C(CO)C(C)C. The first-order chi connectivity index (χ1) is 13.8. The van der Waals surface area contributed by atoms with Gasteiger partial charge in [-0.2, -0.15) is 0 Å². The molecule has 0 aliphatic heterocycles. The molecule has 7 nitrogen and oxygen atoms in total. The molecule has 7 heteroatoms. The molecule has 0 bridgehead atoms. The van der Waals surface area contributed by atoms with E-state index < -0.39 is 4.92 Å². The van der Waals surface area contributed by atoms with Crippen molar-refractivity contribution in [2.45, 2.75) is 39.8 Å². The lowest BCUT2D eigenvalue weighted by Gasteiger charge is -2.33. The van der Waals surface area contributed by atoms with Crippen molar-refractivity contribution in [2.24, 2.45) is 5.92 Å². The first-order valence-corrected chi connectivity index (χ1v) is 9.75. The van der Waals surface area contributed by atoms with Gasteiger partial charge in [0.25, 0.3) is 5.69 Å². The second-order valence-electron chi connectivity index (χ2n) is 7.50. The summed E-state index contributed by atoms with van der Waals surface area (Å²) in [5, 5.41) is 23.5. The van der Waals surface area contributed by atoms with Gasteiger partial charge in [-0.25, -0.2) is 0 Å². The van der Waals surface area contributed by atoms with Crippen LogP contribution in [0.2, 0.25) is 0 Å². The molecule has 0 radical (unpaired) electrons. The predicted molar refractivity (Wildman–Crippen MR) is 114 cm³/mol. The molecule has 0 aliphatic rings. The van der Waals surface area contributed by atoms with Gasteiger partial charge in [-0.1, -0.05) is 44.2 Å². The Kier molecular flexibility index (Phi) is 8.30. The van der Waals surface area contributed by atoms with E-state index >= 15 is 0 Å². The molecular formula is C22H29N3O4. The Balaban J connectivity index is 2.03. The van der Waals surface area contributed by atoms with Crippen molar-refractivity contribution in [1.29, 1.82) is 0 Å². The number of anilines is 1. The van der Waals surface area contributed by atoms with Crippen LogP contribution in [0.1, 0.15) is 31.4 Å². The van der Waals surface area contributed by atoms with Crippen LogP contribution in [-0.2, 0) is 11.3 Å². The summed E-state index contributed by atoms with van der Waals surface area (Å²) in [6.45, 7) is 7.00. The molecule has 2 N–H and O–H groups in total. The number of nitrogens with zero attached hydrogens (tertiary/aromatic N) is 2. The van der Waals surface area contributed by atoms with E-state index in [-0.39, 0.29) is 36.6 Å². The van der Waals surface area contributed by atoms with Crippen LogP contribution in [0.4, 0.5) is 11.4 Å². The van der Waals surface area contributed by atoms with Gasteiger partial charge in [0.1, 0.15) is 0 Å². The summed E-state index contributed by atoms with van der Waals surface area (Å²) in [5.41, 5.74) is 2.33. The molecule has 0 saturated heterocycles. The van der Waals surface area contributed by atoms with Crippen LogP contribution < -0.4 is 5.32 Å². The van der Waals surface area contributed by atoms with Crippen molar-refractivity contribution in [1.82, 2.24) is 4.90 Å². The van der Waals surface area contributed by atoms with E-state index in [1.807, 2.05) is 30.3 Å². The molecule has 0 heterocycles. The van der Waals surface area contributed by atoms with E-state index in [1.54, 1.807) is 13.0 Å². The zero-order valence-electron chi connectivity index (χ0n) is 17.2. The minimum absolute atomic E-state index is 0.00254. The number of aryl methyl sites for hydroxylation is 1. The van der Waals surface area contributed by atoms with Crippen LogP contribution in [-0.4, -0.2) is 40.0 Å². The molecule has 156 valence electrons. The van der Waals surface area contributed by atoms with Crippen molar-refractivity contribution in [2.75, 3.05) is 18.5 Å². The van der Waals surface area contributed by atoms with Crippen LogP contribution in [0.5, 0.6) is 0 Å². The minimum Gasteiger partial charge on any atom is -0.395 e. The zero-order chi connectivity index (χ0) is 21.4. The van der Waals surface area contributed by atoms with Crippen LogP contribution in [0.15, 0.2) is 48.5 Å². The number of hydrogen-bond donors (Lipinski definition) is 2. The van der Waals surface area contributed by atoms with Crippen molar-refractivity contribution >= 4 is 17.3 Å². The second-order valence-corrected chi connectivity index (χ2v) is 7.50. The summed E-state index contributed by atoms with van der Waals surface area (Å²) >= 11 is 0. The first kappa shape index (κ1) is 22.5. The number of amides is 1. The molecule has 2 aromatic rings. The Labute approximate surface area is 171 Å². The predicted octanol–water partition coefficient (Wildman–Crippen LogP) is 3.75. The van der Waals surface area contributed by atoms with Gasteiger partial charge in [-0.3, -0.25) is 19.8 Å². The fraction of sp³-hybridized carbons (Fsp3) is 0.409. The summed E-state index contributed by atoms with van der Waals surface area (Å²) in [4.78, 5) is 25.0. The molecule has 29 heavy (non-hydrogen) atoms. The number of nitro groups is 1. The van der Waals surface area contributed by atoms with Gasteiger partial charge in [-0.05, 0) is 30.0 Å². The Morgan fingerprint density at radius 3 is 2.45 bits per heavy atom. The molecule has 0 aromatic heterocycles. The highest BCUT2D eigenvalue weighted by Gasteiger charge is 2.22. The van der Waals surface area contributed by atoms with Gasteiger partial charge in [0.15, 0.2) is 0 Å². The Morgan fingerprint density at radius 1 is 1.21 bits per heavy atom. The molecule has 0 aliphatic carbocycles. The first-order valence-electron chi connectivity index (χ1n) is 9.75. The number of carbonyl (C=O) groups excluding carboxylic acids is 1. The van der Waals surface area contributed by atoms with Gasteiger partial charge >= 0.3 is 0 Å². The summed E-state index contributed by atoms with van der Waals surface area (Å²) in [6.07, 6.45) is 0.256. The van der Waals surface area contributed by atoms with Crippen LogP contribution in [0.3, 0.4) is 0 Å². The fourth-order valence-corrected chi connectivity index (χ4v) is 3.29. The lowest BCUT2D eigenvalue weighted by molar-refractivity contribution is -0.384. The molecule has 1 atom stereocenters. The molecule has 0 saturated carbocycles. The molecule has 2 rings (SSSR count). The largest absolute Gasteiger partial charge is 0.395 e. The number of carbonyl (C=O) groups is 1. The highest BCUT2D eigenvalue weighted by Crippen LogP contribution is 2.21. The zero-order valence-corrected chi connectivity index (χ0v) is 17.2. The third kappa shape index (κ3) is 6.66. The maximum atomic E-state index is 12.5. The summed E-state index contributed by atoms with van der Waals surface area (Å²) in [6, 6.07) is 14.3. The van der Waals surface area contributed by atoms with E-state index in [9.17, 15) is 20.0 Å². The van der Waals surface area contributed by atoms with Gasteiger partial charge in [0, 0.05) is 43.4 Å². The molecule has 1 amide bonds. The minimum atomic E-state index is -0.457. The van der Waals surface area contributed by atoms with Crippen LogP contribution >= 0.6 is 0 Å². The monoisotopic (exact) mass is 399 g/mol. The fourth-order valence-electron chi connectivity index (χ4n) is 3.29. The number of nitro benzene ring substituents is 1. The number of hydrogen-bond acceptors (Lipinski definition) is 5. The van der Waals surface area contributed by atoms with Crippen molar-refractivity contribution in [3.8, 4) is 0 Å². The average Bonchev–Trinajstić information content (AvgIpc) is 2.68. The van der Waals surface area contributed by atoms with E-state index in [2.05, 4.69) is 24.1 Å². The number of rotatable bonds is 10. The van der Waals surface area contributed by atoms with Crippen molar-refractivity contribution in [3.05, 3.63) is 69.8 Å². The number of benzene rings is 2. The highest BCUT2D eigenvalue weighted by atomic mass is 16.6. The Hall–Kier alpha value is -2.77. The van der Waals surface area contributed by atoms with Gasteiger partial charge < -0.3 is 10.4 Å². The average molecular weight is 399 g/mol. The van der Waals surface area contributed by atoms with Gasteiger partial charge in [-0.15, -0.1) is 0 Å². The molecule has 0 spiro atoms. The number of aliphatic hydroxyl groups excluding tert-OH is 1. The summed E-state index contributed by atoms with van der Waals surface area (Å²) in [7, 11) is 0. The maximum Gasteiger partial charge on any atom is 0.269 e. The quantitative estimate of drug-likeness (QED) is 0.469. The normalized spacial score (nSPS) is 12.2. The van der Waals surface area contributed by atoms with E-state index in [1.165, 1.54) is 12.1 Å². The van der Waals surface area contributed by atoms with Gasteiger partial charge in [0.05, 0.1) is 11.5 Å². The molecule has 0 fully saturated rings. The molecule has 2 aromatic carbocycles. The lowest BCUT2D eigenvalue weighted by Crippen LogP contribution is -2.42. The van der Waals surface area contributed by atoms with E-state index in [4.69, 9.17) is 0 Å². The third-order valence-electron chi connectivity index (χ3n) is 4.98. The summed E-state index contributed by atoms with van der Waals surface area (Å²) in [5.74, 6) is 0.0733. The Bertz CT molecular complexity index is 824. The van der Waals surface area contributed by atoms with E-state index in [0.717, 1.165) is 5.56 Å². The lowest BCUT2D eigenvalue weighted by atomic mass is 10.0. The molecular weight excluding hydrogens is 370 g/mol. The number of aliphatic hydroxyl groups is 1. The van der Waals surface area contributed by atoms with Crippen molar-refractivity contribution in [3.63, 3.8) is 0 Å². The Morgan fingerprint density at radius 2 is 1.90 bits per heavy atom. The topological polar surface area (TPSA) is 95.7 Å². The van der Waals surface area contributed by atoms with Crippen LogP contribution in [0, 0.1) is 23.0 Å². The highest BCUT2D eigenvalue weighted by molar-refractivity contribution is 5.91. The third-order valence-corrected chi connectivity index (χ3v) is 4.98. The van der Waals surface area contributed by atoms with Crippen molar-refractivity contribution < 1.29 is 14.8 Å². The van der Waals surface area contributed by atoms with Crippen LogP contribution in [0.25, 0.3) is 0 Å². The number of non-ortho nitro benzene ring substituents is 1. The second kappa shape index (κ2) is 10.7. The van der Waals surface area contributed by atoms with Gasteiger partial charge in [0.2, 0.25) is 5.91 Å². The smallest absolute Gasteiger partial charge is 0.269 e.